The minimum Gasteiger partial charge on any atom is -0.392 e. The van der Waals surface area contributed by atoms with Gasteiger partial charge in [-0.05, 0) is 26.1 Å². The average molecular weight is 117 g/mol. The fraction of sp³-hybridized carbons (Fsp3) is 1.00. The molecule has 42 valence electrons. The Hall–Kier alpha value is -0.0231. The third kappa shape index (κ3) is 5.98. The summed E-state index contributed by atoms with van der Waals surface area (Å²) in [6.45, 7) is 0.995. The zero-order valence-corrected chi connectivity index (χ0v) is 5.76. The Balaban J connectivity index is 2.56. The zero-order chi connectivity index (χ0) is 5.54. The lowest BCUT2D eigenvalue weighted by molar-refractivity contribution is 0.573. The van der Waals surface area contributed by atoms with Crippen molar-refractivity contribution in [3.8, 4) is 0 Å². The van der Waals surface area contributed by atoms with Crippen LogP contribution in [0.4, 0.5) is 0 Å². The maximum atomic E-state index is 9.86. The normalized spacial score (nSPS) is 8.71. The van der Waals surface area contributed by atoms with E-state index in [-0.39, 0.29) is 0 Å². The molecule has 0 aliphatic rings. The molecule has 0 aliphatic carbocycles. The fourth-order valence-electron chi connectivity index (χ4n) is 0.362. The molecule has 0 atom stereocenters. The van der Waals surface area contributed by atoms with Crippen LogP contribution < -0.4 is 5.32 Å². The summed E-state index contributed by atoms with van der Waals surface area (Å²) >= 11 is 0. The molecule has 0 aromatic heterocycles. The van der Waals surface area contributed by atoms with Crippen LogP contribution in [0.1, 0.15) is 6.42 Å². The highest BCUT2D eigenvalue weighted by Gasteiger charge is 1.80. The molecule has 1 N–H and O–H groups in total. The molecule has 7 heavy (non-hydrogen) atoms. The third-order valence-corrected chi connectivity index (χ3v) is 1.39. The van der Waals surface area contributed by atoms with Crippen molar-refractivity contribution in [1.82, 2.24) is 5.32 Å². The summed E-state index contributed by atoms with van der Waals surface area (Å²) in [5.74, 6) is 0. The Bertz CT molecular complexity index is 49.0. The third-order valence-electron chi connectivity index (χ3n) is 0.749. The van der Waals surface area contributed by atoms with E-state index in [1.807, 2.05) is 7.05 Å². The van der Waals surface area contributed by atoms with Crippen LogP contribution in [-0.4, -0.2) is 23.0 Å². The highest BCUT2D eigenvalue weighted by atomic mass is 28.2. The van der Waals surface area contributed by atoms with Gasteiger partial charge in [0.2, 0.25) is 0 Å². The van der Waals surface area contributed by atoms with Gasteiger partial charge in [-0.1, -0.05) is 0 Å². The number of hydrogen-bond acceptors (Lipinski definition) is 2. The summed E-state index contributed by atoms with van der Waals surface area (Å²) < 4.78 is 9.86. The van der Waals surface area contributed by atoms with Gasteiger partial charge in [0.15, 0.2) is 0 Å². The van der Waals surface area contributed by atoms with E-state index in [2.05, 4.69) is 5.32 Å². The zero-order valence-electron chi connectivity index (χ0n) is 4.61. The minimum absolute atomic E-state index is 0.509. The highest BCUT2D eigenvalue weighted by molar-refractivity contribution is 6.16. The minimum atomic E-state index is -0.509. The summed E-state index contributed by atoms with van der Waals surface area (Å²) in [4.78, 5) is 0. The highest BCUT2D eigenvalue weighted by Crippen LogP contribution is 1.78. The molecule has 0 spiro atoms. The number of rotatable bonds is 4. The van der Waals surface area contributed by atoms with Crippen molar-refractivity contribution in [2.45, 2.75) is 12.5 Å². The van der Waals surface area contributed by atoms with E-state index in [4.69, 9.17) is 0 Å². The topological polar surface area (TPSA) is 29.1 Å². The van der Waals surface area contributed by atoms with Crippen molar-refractivity contribution in [3.05, 3.63) is 0 Å². The Morgan fingerprint density at radius 2 is 2.43 bits per heavy atom. The summed E-state index contributed by atoms with van der Waals surface area (Å²) in [5.41, 5.74) is 0. The monoisotopic (exact) mass is 117 g/mol. The lowest BCUT2D eigenvalue weighted by atomic mass is 10.5. The molecule has 0 unspecified atom stereocenters. The van der Waals surface area contributed by atoms with Crippen LogP contribution in [0.25, 0.3) is 0 Å². The predicted octanol–water partition coefficient (Wildman–Crippen LogP) is -0.204. The lowest BCUT2D eigenvalue weighted by Gasteiger charge is -1.89. The van der Waals surface area contributed by atoms with Crippen LogP contribution in [0.5, 0.6) is 0 Å². The van der Waals surface area contributed by atoms with Gasteiger partial charge in [-0.3, -0.25) is 0 Å². The van der Waals surface area contributed by atoms with Crippen LogP contribution in [0, 0.1) is 0 Å². The van der Waals surface area contributed by atoms with Crippen molar-refractivity contribution >= 4 is 9.41 Å². The largest absolute Gasteiger partial charge is 0.392 e. The van der Waals surface area contributed by atoms with Gasteiger partial charge in [0.25, 0.3) is 9.41 Å². The van der Waals surface area contributed by atoms with E-state index in [0.29, 0.717) is 0 Å². The van der Waals surface area contributed by atoms with Gasteiger partial charge < -0.3 is 9.78 Å². The van der Waals surface area contributed by atoms with Crippen molar-refractivity contribution in [1.29, 1.82) is 0 Å². The van der Waals surface area contributed by atoms with Crippen LogP contribution >= 0.6 is 0 Å². The second-order valence-corrected chi connectivity index (χ2v) is 2.32. The molecule has 0 fully saturated rings. The first-order valence-corrected chi connectivity index (χ1v) is 3.79. The standard InChI is InChI=1S/C4H11NOSi/c1-5-3-2-4-7-6/h5,7H,2-4H2,1H3. The molecule has 0 saturated heterocycles. The molecule has 0 rings (SSSR count). The van der Waals surface area contributed by atoms with Gasteiger partial charge >= 0.3 is 0 Å². The summed E-state index contributed by atoms with van der Waals surface area (Å²) in [7, 11) is 1.39. The SMILES string of the molecule is CNCCC[SiH]=O. The Morgan fingerprint density at radius 1 is 1.71 bits per heavy atom. The van der Waals surface area contributed by atoms with Crippen LogP contribution in [0.2, 0.25) is 6.04 Å². The molecule has 0 aromatic rings. The van der Waals surface area contributed by atoms with E-state index in [1.54, 1.807) is 0 Å². The van der Waals surface area contributed by atoms with E-state index in [1.165, 1.54) is 0 Å². The van der Waals surface area contributed by atoms with Gasteiger partial charge in [-0.25, -0.2) is 0 Å². The second kappa shape index (κ2) is 5.98. The Morgan fingerprint density at radius 3 is 2.86 bits per heavy atom. The van der Waals surface area contributed by atoms with Crippen molar-refractivity contribution in [2.75, 3.05) is 13.6 Å². The summed E-state index contributed by atoms with van der Waals surface area (Å²) in [5, 5.41) is 2.98. The molecule has 0 aromatic carbocycles. The van der Waals surface area contributed by atoms with Crippen LogP contribution in [-0.2, 0) is 4.46 Å². The van der Waals surface area contributed by atoms with Crippen molar-refractivity contribution in [2.24, 2.45) is 0 Å². The maximum absolute atomic E-state index is 9.86. The molecule has 2 nitrogen and oxygen atoms in total. The molecular weight excluding hydrogens is 106 g/mol. The molecule has 0 amide bonds. The van der Waals surface area contributed by atoms with E-state index < -0.39 is 9.41 Å². The van der Waals surface area contributed by atoms with Gasteiger partial charge in [0, 0.05) is 0 Å². The summed E-state index contributed by atoms with van der Waals surface area (Å²) in [6, 6.07) is 0.890. The molecule has 0 radical (unpaired) electrons. The van der Waals surface area contributed by atoms with Crippen molar-refractivity contribution in [3.63, 3.8) is 0 Å². The van der Waals surface area contributed by atoms with Gasteiger partial charge in [0.1, 0.15) is 0 Å². The van der Waals surface area contributed by atoms with Crippen molar-refractivity contribution < 1.29 is 4.46 Å². The predicted molar refractivity (Wildman–Crippen MR) is 31.2 cm³/mol. The van der Waals surface area contributed by atoms with Crippen LogP contribution in [0.3, 0.4) is 0 Å². The van der Waals surface area contributed by atoms with E-state index in [0.717, 1.165) is 19.0 Å². The molecule has 0 heterocycles. The maximum Gasteiger partial charge on any atom is 0.261 e. The smallest absolute Gasteiger partial charge is 0.261 e. The average Bonchev–Trinajstić information content (AvgIpc) is 1.69. The van der Waals surface area contributed by atoms with Gasteiger partial charge in [-0.2, -0.15) is 0 Å². The molecule has 0 bridgehead atoms. The fourth-order valence-corrected chi connectivity index (χ4v) is 0.733. The second-order valence-electron chi connectivity index (χ2n) is 1.41. The molecule has 0 aliphatic heterocycles. The first kappa shape index (κ1) is 6.98. The Labute approximate surface area is 46.2 Å². The first-order chi connectivity index (χ1) is 3.41. The molecule has 3 heteroatoms. The summed E-state index contributed by atoms with van der Waals surface area (Å²) in [6.07, 6.45) is 1.05. The molecule has 0 saturated carbocycles. The van der Waals surface area contributed by atoms with Crippen LogP contribution in [0.15, 0.2) is 0 Å². The van der Waals surface area contributed by atoms with E-state index >= 15 is 0 Å². The van der Waals surface area contributed by atoms with Gasteiger partial charge in [0.05, 0.1) is 0 Å². The Kier molecular flexibility index (Phi) is 5.96. The first-order valence-electron chi connectivity index (χ1n) is 2.50. The lowest BCUT2D eigenvalue weighted by Crippen LogP contribution is -2.06. The number of hydrogen-bond donors (Lipinski definition) is 1. The number of nitrogens with one attached hydrogen (secondary N) is 1. The van der Waals surface area contributed by atoms with E-state index in [9.17, 15) is 4.46 Å². The molecular formula is C4H11NOSi. The quantitative estimate of drug-likeness (QED) is 0.408. The van der Waals surface area contributed by atoms with Gasteiger partial charge in [-0.15, -0.1) is 0 Å².